The van der Waals surface area contributed by atoms with Crippen LogP contribution in [0, 0.1) is 6.92 Å². The largest absolute Gasteiger partial charge is 0.394 e. The molecule has 184 valence electrons. The van der Waals surface area contributed by atoms with Crippen LogP contribution in [-0.4, -0.2) is 67.7 Å². The summed E-state index contributed by atoms with van der Waals surface area (Å²) in [7, 11) is 1.91. The lowest BCUT2D eigenvalue weighted by molar-refractivity contribution is -0.130. The molecule has 2 N–H and O–H groups in total. The SMILES string of the molecule is CC.CC/C(=C\NC)c1cnc2c(Nc3cc(CN4CCN(C(C)=O)CC4)ns3)nc(C)cn12. The number of fused-ring (bicyclic) bond motifs is 1. The van der Waals surface area contributed by atoms with Crippen molar-refractivity contribution in [1.29, 1.82) is 0 Å². The number of imidazole rings is 1. The second kappa shape index (κ2) is 11.9. The molecule has 10 heteroatoms. The van der Waals surface area contributed by atoms with Crippen molar-refractivity contribution >= 4 is 39.5 Å². The van der Waals surface area contributed by atoms with E-state index in [2.05, 4.69) is 42.3 Å². The van der Waals surface area contributed by atoms with E-state index >= 15 is 0 Å². The highest BCUT2D eigenvalue weighted by Crippen LogP contribution is 2.27. The van der Waals surface area contributed by atoms with Gasteiger partial charge in [0, 0.05) is 59.1 Å². The molecule has 4 heterocycles. The van der Waals surface area contributed by atoms with E-state index in [0.717, 1.165) is 72.7 Å². The van der Waals surface area contributed by atoms with Crippen molar-refractivity contribution in [3.8, 4) is 0 Å². The van der Waals surface area contributed by atoms with E-state index in [9.17, 15) is 4.79 Å². The summed E-state index contributed by atoms with van der Waals surface area (Å²) in [6.07, 6.45) is 6.82. The van der Waals surface area contributed by atoms with Gasteiger partial charge in [-0.15, -0.1) is 0 Å². The number of carbonyl (C=O) groups excluding carboxylic acids is 1. The summed E-state index contributed by atoms with van der Waals surface area (Å²) in [6.45, 7) is 13.8. The summed E-state index contributed by atoms with van der Waals surface area (Å²) < 4.78 is 6.71. The van der Waals surface area contributed by atoms with Gasteiger partial charge < -0.3 is 15.5 Å². The third-order valence-electron chi connectivity index (χ3n) is 5.64. The predicted molar refractivity (Wildman–Crippen MR) is 139 cm³/mol. The van der Waals surface area contributed by atoms with Crippen LogP contribution >= 0.6 is 11.5 Å². The van der Waals surface area contributed by atoms with E-state index in [0.29, 0.717) is 0 Å². The lowest BCUT2D eigenvalue weighted by Crippen LogP contribution is -2.47. The molecule has 0 saturated carbocycles. The number of aryl methyl sites for hydroxylation is 1. The minimum absolute atomic E-state index is 0.149. The Labute approximate surface area is 206 Å². The zero-order valence-electron chi connectivity index (χ0n) is 21.1. The fourth-order valence-electron chi connectivity index (χ4n) is 3.97. The molecule has 1 saturated heterocycles. The number of piperazine rings is 1. The number of anilines is 2. The van der Waals surface area contributed by atoms with Crippen molar-refractivity contribution in [2.45, 2.75) is 47.6 Å². The number of allylic oxidation sites excluding steroid dienone is 1. The number of carbonyl (C=O) groups is 1. The summed E-state index contributed by atoms with van der Waals surface area (Å²) >= 11 is 1.43. The molecule has 1 fully saturated rings. The molecule has 3 aromatic rings. The van der Waals surface area contributed by atoms with Crippen molar-refractivity contribution < 1.29 is 4.79 Å². The van der Waals surface area contributed by atoms with E-state index in [4.69, 9.17) is 4.98 Å². The summed E-state index contributed by atoms with van der Waals surface area (Å²) in [5.41, 5.74) is 4.96. The first-order chi connectivity index (χ1) is 16.5. The molecule has 4 rings (SSSR count). The van der Waals surface area contributed by atoms with E-state index in [-0.39, 0.29) is 5.91 Å². The van der Waals surface area contributed by atoms with Gasteiger partial charge in [-0.05, 0) is 36.5 Å². The number of rotatable bonds is 7. The standard InChI is InChI=1S/C22H30N8OS.C2H6/c1-5-17(11-23-4)19-12-24-22-21(25-15(2)13-30(19)22)26-20-10-18(27-32-20)14-28-6-8-29(9-7-28)16(3)31;1-2/h10-13,23H,5-9,14H2,1-4H3,(H,25,26);1-2H3/b17-11+;. The Balaban J connectivity index is 0.00000158. The lowest BCUT2D eigenvalue weighted by atomic mass is 10.1. The minimum atomic E-state index is 0.149. The molecule has 9 nitrogen and oxygen atoms in total. The van der Waals surface area contributed by atoms with Gasteiger partial charge in [0.25, 0.3) is 0 Å². The van der Waals surface area contributed by atoms with Crippen LogP contribution in [0.1, 0.15) is 51.2 Å². The fraction of sp³-hybridized carbons (Fsp3) is 0.500. The molecular formula is C24H36N8OS. The topological polar surface area (TPSA) is 90.7 Å². The normalized spacial score (nSPS) is 14.6. The average Bonchev–Trinajstić information content (AvgIpc) is 3.46. The highest BCUT2D eigenvalue weighted by Gasteiger charge is 2.20. The molecular weight excluding hydrogens is 448 g/mol. The Hall–Kier alpha value is -2.98. The lowest BCUT2D eigenvalue weighted by Gasteiger charge is -2.33. The smallest absolute Gasteiger partial charge is 0.219 e. The number of nitrogens with zero attached hydrogens (tertiary/aromatic N) is 6. The van der Waals surface area contributed by atoms with Crippen molar-refractivity contribution in [2.24, 2.45) is 0 Å². The molecule has 0 radical (unpaired) electrons. The van der Waals surface area contributed by atoms with Crippen LogP contribution in [0.25, 0.3) is 11.2 Å². The van der Waals surface area contributed by atoms with Crippen LogP contribution in [0.4, 0.5) is 10.8 Å². The number of aromatic nitrogens is 4. The molecule has 1 aliphatic rings. The Bertz CT molecular complexity index is 1130. The van der Waals surface area contributed by atoms with Gasteiger partial charge in [0.2, 0.25) is 5.91 Å². The summed E-state index contributed by atoms with van der Waals surface area (Å²) in [5, 5.41) is 7.48. The van der Waals surface area contributed by atoms with Crippen molar-refractivity contribution in [1.82, 2.24) is 33.9 Å². The van der Waals surface area contributed by atoms with Gasteiger partial charge in [0.1, 0.15) is 5.00 Å². The Morgan fingerprint density at radius 2 is 1.97 bits per heavy atom. The number of nitrogens with one attached hydrogen (secondary N) is 2. The molecule has 0 aliphatic carbocycles. The summed E-state index contributed by atoms with van der Waals surface area (Å²) in [4.78, 5) is 25.1. The van der Waals surface area contributed by atoms with Gasteiger partial charge in [-0.25, -0.2) is 9.97 Å². The fourth-order valence-corrected chi connectivity index (χ4v) is 4.63. The third-order valence-corrected chi connectivity index (χ3v) is 6.39. The maximum absolute atomic E-state index is 11.5. The molecule has 0 unspecified atom stereocenters. The first kappa shape index (κ1) is 25.6. The highest BCUT2D eigenvalue weighted by molar-refractivity contribution is 7.10. The monoisotopic (exact) mass is 484 g/mol. The molecule has 0 aromatic carbocycles. The predicted octanol–water partition coefficient (Wildman–Crippen LogP) is 3.90. The average molecular weight is 485 g/mol. The molecule has 34 heavy (non-hydrogen) atoms. The molecule has 1 aliphatic heterocycles. The van der Waals surface area contributed by atoms with Crippen LogP contribution in [0.15, 0.2) is 24.7 Å². The molecule has 1 amide bonds. The minimum Gasteiger partial charge on any atom is -0.394 e. The number of amides is 1. The Morgan fingerprint density at radius 3 is 2.62 bits per heavy atom. The second-order valence-corrected chi connectivity index (χ2v) is 8.77. The summed E-state index contributed by atoms with van der Waals surface area (Å²) in [6, 6.07) is 2.07. The first-order valence-electron chi connectivity index (χ1n) is 11.9. The van der Waals surface area contributed by atoms with Crippen molar-refractivity contribution in [3.63, 3.8) is 0 Å². The Kier molecular flexibility index (Phi) is 9.00. The van der Waals surface area contributed by atoms with Gasteiger partial charge in [-0.2, -0.15) is 4.37 Å². The quantitative estimate of drug-likeness (QED) is 0.526. The third kappa shape index (κ3) is 5.92. The van der Waals surface area contributed by atoms with E-state index in [1.54, 1.807) is 6.92 Å². The first-order valence-corrected chi connectivity index (χ1v) is 12.7. The molecule has 0 spiro atoms. The zero-order valence-corrected chi connectivity index (χ0v) is 21.9. The van der Waals surface area contributed by atoms with Crippen LogP contribution in [0.2, 0.25) is 0 Å². The van der Waals surface area contributed by atoms with Gasteiger partial charge in [0.15, 0.2) is 11.5 Å². The van der Waals surface area contributed by atoms with Crippen LogP contribution in [-0.2, 0) is 11.3 Å². The van der Waals surface area contributed by atoms with E-state index in [1.807, 2.05) is 51.3 Å². The van der Waals surface area contributed by atoms with Gasteiger partial charge in [0.05, 0.1) is 23.3 Å². The van der Waals surface area contributed by atoms with Gasteiger partial charge in [-0.1, -0.05) is 20.8 Å². The highest BCUT2D eigenvalue weighted by atomic mass is 32.1. The molecule has 3 aromatic heterocycles. The van der Waals surface area contributed by atoms with E-state index in [1.165, 1.54) is 17.1 Å². The van der Waals surface area contributed by atoms with Gasteiger partial charge in [-0.3, -0.25) is 14.1 Å². The van der Waals surface area contributed by atoms with E-state index < -0.39 is 0 Å². The maximum atomic E-state index is 11.5. The van der Waals surface area contributed by atoms with Gasteiger partial charge >= 0.3 is 0 Å². The van der Waals surface area contributed by atoms with Crippen molar-refractivity contribution in [3.05, 3.63) is 41.7 Å². The van der Waals surface area contributed by atoms with Crippen LogP contribution in [0.5, 0.6) is 0 Å². The Morgan fingerprint density at radius 1 is 1.24 bits per heavy atom. The molecule has 0 bridgehead atoms. The summed E-state index contributed by atoms with van der Waals surface area (Å²) in [5.74, 6) is 0.873. The zero-order chi connectivity index (χ0) is 24.7. The number of hydrogen-bond acceptors (Lipinski definition) is 8. The molecule has 0 atom stereocenters. The van der Waals surface area contributed by atoms with Crippen LogP contribution in [0.3, 0.4) is 0 Å². The maximum Gasteiger partial charge on any atom is 0.219 e. The van der Waals surface area contributed by atoms with Crippen LogP contribution < -0.4 is 10.6 Å². The number of hydrogen-bond donors (Lipinski definition) is 2. The second-order valence-electron chi connectivity index (χ2n) is 7.97. The van der Waals surface area contributed by atoms with Crippen molar-refractivity contribution in [2.75, 3.05) is 38.5 Å².